The molecule has 7 nitrogen and oxygen atoms in total. The number of hydrogen-bond donors (Lipinski definition) is 3. The first-order chi connectivity index (χ1) is 10.5. The Morgan fingerprint density at radius 3 is 2.91 bits per heavy atom. The van der Waals surface area contributed by atoms with Gasteiger partial charge in [0.05, 0.1) is 5.69 Å². The summed E-state index contributed by atoms with van der Waals surface area (Å²) >= 11 is 0. The summed E-state index contributed by atoms with van der Waals surface area (Å²) in [7, 11) is 0. The van der Waals surface area contributed by atoms with Crippen LogP contribution in [0.2, 0.25) is 0 Å². The van der Waals surface area contributed by atoms with Crippen LogP contribution in [0.3, 0.4) is 0 Å². The van der Waals surface area contributed by atoms with Crippen LogP contribution in [0, 0.1) is 13.8 Å². The van der Waals surface area contributed by atoms with Gasteiger partial charge >= 0.3 is 5.97 Å². The number of hydrogen-bond acceptors (Lipinski definition) is 4. The van der Waals surface area contributed by atoms with Crippen molar-refractivity contribution >= 4 is 17.5 Å². The van der Waals surface area contributed by atoms with Crippen LogP contribution in [0.15, 0.2) is 18.3 Å². The van der Waals surface area contributed by atoms with Crippen LogP contribution in [0.5, 0.6) is 0 Å². The molecule has 0 radical (unpaired) electrons. The third-order valence-electron chi connectivity index (χ3n) is 3.94. The second-order valence-electron chi connectivity index (χ2n) is 5.68. The molecule has 0 spiro atoms. The molecule has 22 heavy (non-hydrogen) atoms. The van der Waals surface area contributed by atoms with Gasteiger partial charge in [0.15, 0.2) is 0 Å². The van der Waals surface area contributed by atoms with Gasteiger partial charge < -0.3 is 15.7 Å². The number of aryl methyl sites for hydroxylation is 2. The second kappa shape index (κ2) is 5.42. The van der Waals surface area contributed by atoms with Gasteiger partial charge in [-0.25, -0.2) is 4.98 Å². The third-order valence-corrected chi connectivity index (χ3v) is 3.94. The molecule has 0 saturated carbocycles. The lowest BCUT2D eigenvalue weighted by molar-refractivity contribution is -0.139. The smallest absolute Gasteiger partial charge is 0.320 e. The molecular formula is C15H18N4O3. The summed E-state index contributed by atoms with van der Waals surface area (Å²) in [5, 5.41) is 14.7. The monoisotopic (exact) mass is 302 g/mol. The zero-order valence-electron chi connectivity index (χ0n) is 12.5. The molecule has 116 valence electrons. The Morgan fingerprint density at radius 2 is 2.23 bits per heavy atom. The summed E-state index contributed by atoms with van der Waals surface area (Å²) in [6.45, 7) is 4.22. The van der Waals surface area contributed by atoms with Crippen molar-refractivity contribution in [2.45, 2.75) is 32.4 Å². The highest BCUT2D eigenvalue weighted by molar-refractivity contribution is 5.95. The molecule has 7 heteroatoms. The summed E-state index contributed by atoms with van der Waals surface area (Å²) in [6, 6.07) is 3.05. The average molecular weight is 302 g/mol. The topological polar surface area (TPSA) is 95.7 Å². The van der Waals surface area contributed by atoms with Crippen LogP contribution in [0.1, 0.15) is 28.2 Å². The Morgan fingerprint density at radius 1 is 1.45 bits per heavy atom. The van der Waals surface area contributed by atoms with Crippen molar-refractivity contribution in [2.75, 3.05) is 6.54 Å². The van der Waals surface area contributed by atoms with E-state index in [2.05, 4.69) is 15.6 Å². The maximum Gasteiger partial charge on any atom is 0.320 e. The Kier molecular flexibility index (Phi) is 3.58. The highest BCUT2D eigenvalue weighted by Gasteiger charge is 2.31. The standard InChI is InChI=1S/C15H18N4O3/c1-8-3-4-19-12(5-8)17-9(2)13(19)14(20)18-10-6-11(15(21)22)16-7-10/h3-5,10-11,16H,6-7H2,1-2H3,(H,18,20)(H,21,22)/t10-,11-/m0/s1. The summed E-state index contributed by atoms with van der Waals surface area (Å²) < 4.78 is 1.76. The van der Waals surface area contributed by atoms with E-state index in [4.69, 9.17) is 5.11 Å². The van der Waals surface area contributed by atoms with Crippen molar-refractivity contribution in [3.8, 4) is 0 Å². The minimum atomic E-state index is -0.891. The van der Waals surface area contributed by atoms with Crippen LogP contribution in [-0.4, -0.2) is 45.0 Å². The van der Waals surface area contributed by atoms with Crippen LogP contribution < -0.4 is 10.6 Å². The lowest BCUT2D eigenvalue weighted by Gasteiger charge is -2.12. The molecule has 1 aliphatic heterocycles. The van der Waals surface area contributed by atoms with Gasteiger partial charge in [0.2, 0.25) is 0 Å². The molecule has 0 aliphatic carbocycles. The van der Waals surface area contributed by atoms with Crippen molar-refractivity contribution in [3.05, 3.63) is 35.3 Å². The molecule has 3 heterocycles. The largest absolute Gasteiger partial charge is 0.480 e. The van der Waals surface area contributed by atoms with Gasteiger partial charge in [-0.15, -0.1) is 0 Å². The zero-order valence-corrected chi connectivity index (χ0v) is 12.5. The number of rotatable bonds is 3. The van der Waals surface area contributed by atoms with E-state index in [1.807, 2.05) is 25.3 Å². The number of amides is 1. The zero-order chi connectivity index (χ0) is 15.9. The number of imidazole rings is 1. The fourth-order valence-electron chi connectivity index (χ4n) is 2.83. The van der Waals surface area contributed by atoms with E-state index in [0.29, 0.717) is 24.4 Å². The molecule has 2 aromatic rings. The lowest BCUT2D eigenvalue weighted by Crippen LogP contribution is -2.37. The number of pyridine rings is 1. The molecule has 3 rings (SSSR count). The van der Waals surface area contributed by atoms with Gasteiger partial charge in [-0.1, -0.05) is 0 Å². The Bertz CT molecular complexity index is 753. The van der Waals surface area contributed by atoms with Crippen LogP contribution in [0.25, 0.3) is 5.65 Å². The van der Waals surface area contributed by atoms with Crippen molar-refractivity contribution in [2.24, 2.45) is 0 Å². The molecular weight excluding hydrogens is 284 g/mol. The number of carboxylic acids is 1. The Labute approximate surface area is 127 Å². The molecule has 0 aromatic carbocycles. The quantitative estimate of drug-likeness (QED) is 0.767. The number of carboxylic acid groups (broad SMARTS) is 1. The van der Waals surface area contributed by atoms with Crippen LogP contribution >= 0.6 is 0 Å². The van der Waals surface area contributed by atoms with E-state index in [9.17, 15) is 9.59 Å². The molecule has 3 N–H and O–H groups in total. The van der Waals surface area contributed by atoms with E-state index < -0.39 is 12.0 Å². The van der Waals surface area contributed by atoms with Crippen molar-refractivity contribution in [1.29, 1.82) is 0 Å². The normalized spacial score (nSPS) is 21.2. The van der Waals surface area contributed by atoms with Gasteiger partial charge in [-0.2, -0.15) is 0 Å². The van der Waals surface area contributed by atoms with E-state index in [1.54, 1.807) is 11.3 Å². The fraction of sp³-hybridized carbons (Fsp3) is 0.400. The molecule has 0 unspecified atom stereocenters. The van der Waals surface area contributed by atoms with Gasteiger partial charge in [0, 0.05) is 18.8 Å². The predicted octanol–water partition coefficient (Wildman–Crippen LogP) is 0.496. The number of aliphatic carboxylic acids is 1. The number of nitrogens with zero attached hydrogens (tertiary/aromatic N) is 2. The Hall–Kier alpha value is -2.41. The highest BCUT2D eigenvalue weighted by atomic mass is 16.4. The number of carbonyl (C=O) groups excluding carboxylic acids is 1. The van der Waals surface area contributed by atoms with Crippen molar-refractivity contribution in [1.82, 2.24) is 20.0 Å². The molecule has 1 saturated heterocycles. The maximum absolute atomic E-state index is 12.5. The summed E-state index contributed by atoms with van der Waals surface area (Å²) in [5.41, 5.74) is 2.96. The number of aromatic nitrogens is 2. The molecule has 1 amide bonds. The summed E-state index contributed by atoms with van der Waals surface area (Å²) in [5.74, 6) is -1.12. The second-order valence-corrected chi connectivity index (χ2v) is 5.68. The van der Waals surface area contributed by atoms with Gasteiger partial charge in [-0.3, -0.25) is 14.0 Å². The molecule has 2 aromatic heterocycles. The lowest BCUT2D eigenvalue weighted by atomic mass is 10.1. The first kappa shape index (κ1) is 14.5. The van der Waals surface area contributed by atoms with Crippen LogP contribution in [-0.2, 0) is 4.79 Å². The van der Waals surface area contributed by atoms with Crippen molar-refractivity contribution in [3.63, 3.8) is 0 Å². The van der Waals surface area contributed by atoms with E-state index >= 15 is 0 Å². The molecule has 0 bridgehead atoms. The average Bonchev–Trinajstić information content (AvgIpc) is 3.01. The first-order valence-corrected chi connectivity index (χ1v) is 7.18. The first-order valence-electron chi connectivity index (χ1n) is 7.18. The minimum absolute atomic E-state index is 0.191. The number of carbonyl (C=O) groups is 2. The van der Waals surface area contributed by atoms with E-state index in [1.165, 1.54) is 0 Å². The Balaban J connectivity index is 1.81. The summed E-state index contributed by atoms with van der Waals surface area (Å²) in [4.78, 5) is 27.8. The molecule has 1 fully saturated rings. The third kappa shape index (κ3) is 2.55. The van der Waals surface area contributed by atoms with E-state index in [-0.39, 0.29) is 11.9 Å². The molecule has 1 aliphatic rings. The summed E-state index contributed by atoms with van der Waals surface area (Å²) in [6.07, 6.45) is 2.21. The van der Waals surface area contributed by atoms with Crippen molar-refractivity contribution < 1.29 is 14.7 Å². The highest BCUT2D eigenvalue weighted by Crippen LogP contribution is 2.15. The fourth-order valence-corrected chi connectivity index (χ4v) is 2.83. The predicted molar refractivity (Wildman–Crippen MR) is 80.0 cm³/mol. The number of nitrogens with one attached hydrogen (secondary N) is 2. The minimum Gasteiger partial charge on any atom is -0.480 e. The van der Waals surface area contributed by atoms with Gasteiger partial charge in [0.25, 0.3) is 5.91 Å². The van der Waals surface area contributed by atoms with Gasteiger partial charge in [0.1, 0.15) is 17.4 Å². The maximum atomic E-state index is 12.5. The van der Waals surface area contributed by atoms with Crippen LogP contribution in [0.4, 0.5) is 0 Å². The van der Waals surface area contributed by atoms with Gasteiger partial charge in [-0.05, 0) is 38.0 Å². The number of fused-ring (bicyclic) bond motifs is 1. The molecule has 2 atom stereocenters. The SMILES string of the molecule is Cc1ccn2c(C(=O)N[C@@H]3CN[C@H](C(=O)O)C3)c(C)nc2c1. The van der Waals surface area contributed by atoms with E-state index in [0.717, 1.165) is 11.2 Å².